The lowest BCUT2D eigenvalue weighted by Crippen LogP contribution is -2.49. The summed E-state index contributed by atoms with van der Waals surface area (Å²) in [6, 6.07) is 6.36. The van der Waals surface area contributed by atoms with Gasteiger partial charge in [0.15, 0.2) is 6.10 Å². The molecule has 0 radical (unpaired) electrons. The van der Waals surface area contributed by atoms with Crippen LogP contribution < -0.4 is 9.64 Å². The Labute approximate surface area is 128 Å². The van der Waals surface area contributed by atoms with Crippen molar-refractivity contribution in [2.75, 3.05) is 25.0 Å². The van der Waals surface area contributed by atoms with Crippen molar-refractivity contribution in [3.05, 3.63) is 18.2 Å². The van der Waals surface area contributed by atoms with Crippen LogP contribution in [0.3, 0.4) is 0 Å². The molecule has 0 saturated carbocycles. The topological polar surface area (TPSA) is 93.9 Å². The number of benzene rings is 1. The Morgan fingerprint density at radius 2 is 2.27 bits per heavy atom. The Balaban J connectivity index is 2.21. The molecule has 2 amide bonds. The summed E-state index contributed by atoms with van der Waals surface area (Å²) >= 11 is 0. The van der Waals surface area contributed by atoms with Crippen LogP contribution in [0.5, 0.6) is 11.5 Å². The van der Waals surface area contributed by atoms with E-state index in [1.807, 2.05) is 6.07 Å². The second-order valence-electron chi connectivity index (χ2n) is 5.06. The highest BCUT2D eigenvalue weighted by Crippen LogP contribution is 2.36. The van der Waals surface area contributed by atoms with Crippen molar-refractivity contribution in [1.82, 2.24) is 4.90 Å². The summed E-state index contributed by atoms with van der Waals surface area (Å²) in [6.07, 6.45) is -0.494. The number of nitrogens with zero attached hydrogens (tertiary/aromatic N) is 3. The number of aromatic hydroxyl groups is 1. The van der Waals surface area contributed by atoms with Crippen LogP contribution in [0.1, 0.15) is 13.3 Å². The number of rotatable bonds is 4. The van der Waals surface area contributed by atoms with Gasteiger partial charge >= 0.3 is 0 Å². The number of carbonyl (C=O) groups excluding carboxylic acids is 2. The van der Waals surface area contributed by atoms with Crippen LogP contribution in [0.2, 0.25) is 0 Å². The molecule has 1 N–H and O–H groups in total. The Morgan fingerprint density at radius 1 is 1.55 bits per heavy atom. The molecule has 1 atom stereocenters. The lowest BCUT2D eigenvalue weighted by atomic mass is 10.1. The molecule has 7 nitrogen and oxygen atoms in total. The first kappa shape index (κ1) is 15.6. The van der Waals surface area contributed by atoms with E-state index in [1.54, 1.807) is 14.0 Å². The van der Waals surface area contributed by atoms with Crippen LogP contribution in [0.4, 0.5) is 5.69 Å². The first-order chi connectivity index (χ1) is 10.4. The normalized spacial score (nSPS) is 16.5. The number of phenolic OH excluding ortho intramolecular Hbond substituents is 1. The van der Waals surface area contributed by atoms with E-state index in [4.69, 9.17) is 10.00 Å². The largest absolute Gasteiger partial charge is 0.508 e. The number of hydrogen-bond acceptors (Lipinski definition) is 5. The van der Waals surface area contributed by atoms with E-state index < -0.39 is 6.10 Å². The fourth-order valence-corrected chi connectivity index (χ4v) is 2.16. The van der Waals surface area contributed by atoms with Crippen LogP contribution in [0.25, 0.3) is 0 Å². The number of hydrogen-bond donors (Lipinski definition) is 1. The van der Waals surface area contributed by atoms with Crippen LogP contribution in [-0.2, 0) is 9.59 Å². The van der Waals surface area contributed by atoms with Gasteiger partial charge in [-0.05, 0) is 19.1 Å². The van der Waals surface area contributed by atoms with Gasteiger partial charge in [-0.1, -0.05) is 0 Å². The average Bonchev–Trinajstić information content (AvgIpc) is 2.48. The first-order valence-corrected chi connectivity index (χ1v) is 6.86. The van der Waals surface area contributed by atoms with Crippen LogP contribution in [0.15, 0.2) is 18.2 Å². The van der Waals surface area contributed by atoms with Gasteiger partial charge in [0.05, 0.1) is 18.2 Å². The summed E-state index contributed by atoms with van der Waals surface area (Å²) in [7, 11) is 1.59. The lowest BCUT2D eigenvalue weighted by molar-refractivity contribution is -0.132. The summed E-state index contributed by atoms with van der Waals surface area (Å²) in [5.41, 5.74) is 0.447. The molecule has 0 spiro atoms. The number of fused-ring (bicyclic) bond motifs is 1. The fourth-order valence-electron chi connectivity index (χ4n) is 2.16. The van der Waals surface area contributed by atoms with E-state index in [2.05, 4.69) is 0 Å². The molecule has 1 unspecified atom stereocenters. The third-order valence-corrected chi connectivity index (χ3v) is 3.43. The van der Waals surface area contributed by atoms with Gasteiger partial charge in [0, 0.05) is 19.7 Å². The van der Waals surface area contributed by atoms with Gasteiger partial charge in [-0.3, -0.25) is 14.5 Å². The van der Waals surface area contributed by atoms with Gasteiger partial charge in [-0.25, -0.2) is 0 Å². The molecule has 1 aromatic rings. The highest BCUT2D eigenvalue weighted by Gasteiger charge is 2.33. The molecule has 0 saturated heterocycles. The van der Waals surface area contributed by atoms with E-state index in [9.17, 15) is 14.7 Å². The molecular weight excluding hydrogens is 286 g/mol. The van der Waals surface area contributed by atoms with Crippen molar-refractivity contribution in [1.29, 1.82) is 5.26 Å². The highest BCUT2D eigenvalue weighted by molar-refractivity contribution is 6.03. The molecule has 1 aliphatic heterocycles. The number of anilines is 1. The molecule has 1 aromatic carbocycles. The summed E-state index contributed by atoms with van der Waals surface area (Å²) in [5, 5.41) is 18.1. The standard InChI is InChI=1S/C15H17N3O4/c1-10-15(21)18(9-14(20)17(2)7-3-6-16)12-5-4-11(19)8-13(12)22-10/h4-5,8,10,19H,3,7,9H2,1-2H3. The van der Waals surface area contributed by atoms with Crippen molar-refractivity contribution >= 4 is 17.5 Å². The highest BCUT2D eigenvalue weighted by atomic mass is 16.5. The Bertz CT molecular complexity index is 638. The molecule has 0 aromatic heterocycles. The van der Waals surface area contributed by atoms with E-state index in [-0.39, 0.29) is 30.5 Å². The zero-order valence-electron chi connectivity index (χ0n) is 12.4. The van der Waals surface area contributed by atoms with Crippen LogP contribution >= 0.6 is 0 Å². The Kier molecular flexibility index (Phi) is 4.51. The molecule has 22 heavy (non-hydrogen) atoms. The molecule has 7 heteroatoms. The monoisotopic (exact) mass is 303 g/mol. The zero-order chi connectivity index (χ0) is 16.3. The molecule has 0 fully saturated rings. The second kappa shape index (κ2) is 6.35. The molecule has 1 aliphatic rings. The third kappa shape index (κ3) is 3.11. The molecule has 0 bridgehead atoms. The predicted molar refractivity (Wildman–Crippen MR) is 78.4 cm³/mol. The number of likely N-dealkylation sites (N-methyl/N-ethyl adjacent to an activating group) is 1. The smallest absolute Gasteiger partial charge is 0.268 e. The van der Waals surface area contributed by atoms with Crippen LogP contribution in [0, 0.1) is 11.3 Å². The van der Waals surface area contributed by atoms with Crippen molar-refractivity contribution in [2.45, 2.75) is 19.4 Å². The maximum absolute atomic E-state index is 12.3. The van der Waals surface area contributed by atoms with E-state index >= 15 is 0 Å². The van der Waals surface area contributed by atoms with Crippen molar-refractivity contribution in [2.24, 2.45) is 0 Å². The summed E-state index contributed by atoms with van der Waals surface area (Å²) < 4.78 is 5.44. The van der Waals surface area contributed by atoms with Gasteiger partial charge < -0.3 is 14.7 Å². The molecule has 116 valence electrons. The number of ether oxygens (including phenoxy) is 1. The van der Waals surface area contributed by atoms with Gasteiger partial charge in [-0.15, -0.1) is 0 Å². The minimum atomic E-state index is -0.730. The quantitative estimate of drug-likeness (QED) is 0.891. The van der Waals surface area contributed by atoms with Gasteiger partial charge in [0.2, 0.25) is 5.91 Å². The Hall–Kier alpha value is -2.75. The molecule has 1 heterocycles. The maximum Gasteiger partial charge on any atom is 0.268 e. The Morgan fingerprint density at radius 3 is 2.95 bits per heavy atom. The first-order valence-electron chi connectivity index (χ1n) is 6.86. The van der Waals surface area contributed by atoms with Crippen LogP contribution in [-0.4, -0.2) is 48.1 Å². The van der Waals surface area contributed by atoms with E-state index in [0.717, 1.165) is 0 Å². The van der Waals surface area contributed by atoms with Gasteiger partial charge in [0.25, 0.3) is 5.91 Å². The number of amides is 2. The molecule has 2 rings (SSSR count). The maximum atomic E-state index is 12.3. The molecule has 0 aliphatic carbocycles. The van der Waals surface area contributed by atoms with Crippen molar-refractivity contribution in [3.8, 4) is 17.6 Å². The molecular formula is C15H17N3O4. The number of phenols is 1. The summed E-state index contributed by atoms with van der Waals surface area (Å²) in [5.74, 6) is -0.200. The van der Waals surface area contributed by atoms with E-state index in [0.29, 0.717) is 18.0 Å². The minimum Gasteiger partial charge on any atom is -0.508 e. The lowest BCUT2D eigenvalue weighted by Gasteiger charge is -2.33. The SMILES string of the molecule is CC1Oc2cc(O)ccc2N(CC(=O)N(C)CCC#N)C1=O. The minimum absolute atomic E-state index is 0.0257. The van der Waals surface area contributed by atoms with E-state index in [1.165, 1.54) is 28.0 Å². The van der Waals surface area contributed by atoms with Crippen molar-refractivity contribution in [3.63, 3.8) is 0 Å². The summed E-state index contributed by atoms with van der Waals surface area (Å²) in [4.78, 5) is 27.2. The predicted octanol–water partition coefficient (Wildman–Crippen LogP) is 0.878. The second-order valence-corrected chi connectivity index (χ2v) is 5.06. The van der Waals surface area contributed by atoms with Crippen molar-refractivity contribution < 1.29 is 19.4 Å². The number of carbonyl (C=O) groups is 2. The van der Waals surface area contributed by atoms with Gasteiger partial charge in [-0.2, -0.15) is 5.26 Å². The van der Waals surface area contributed by atoms with Gasteiger partial charge in [0.1, 0.15) is 18.0 Å². The average molecular weight is 303 g/mol. The third-order valence-electron chi connectivity index (χ3n) is 3.43. The summed E-state index contributed by atoms with van der Waals surface area (Å²) in [6.45, 7) is 1.77. The number of nitriles is 1. The fraction of sp³-hybridized carbons (Fsp3) is 0.400. The zero-order valence-corrected chi connectivity index (χ0v) is 12.4.